The van der Waals surface area contributed by atoms with Gasteiger partial charge in [-0.2, -0.15) is 16.9 Å². The summed E-state index contributed by atoms with van der Waals surface area (Å²) in [5.74, 6) is 2.28. The maximum Gasteiger partial charge on any atom is 0.254 e. The summed E-state index contributed by atoms with van der Waals surface area (Å²) in [5.41, 5.74) is 0.857. The largest absolute Gasteiger partial charge is 0.388 e. The molecule has 0 radical (unpaired) electrons. The van der Waals surface area contributed by atoms with Crippen LogP contribution in [0.15, 0.2) is 6.20 Å². The van der Waals surface area contributed by atoms with E-state index in [4.69, 9.17) is 0 Å². The fraction of sp³-hybridized carbons (Fsp3) is 0.750. The second-order valence-corrected chi connectivity index (χ2v) is 7.68. The lowest BCUT2D eigenvalue weighted by molar-refractivity contribution is 0.0311. The fourth-order valence-electron chi connectivity index (χ4n) is 2.74. The van der Waals surface area contributed by atoms with E-state index in [0.29, 0.717) is 18.0 Å². The van der Waals surface area contributed by atoms with Gasteiger partial charge in [-0.3, -0.25) is 9.48 Å². The maximum atomic E-state index is 12.4. The zero-order chi connectivity index (χ0) is 16.2. The first-order valence-corrected chi connectivity index (χ1v) is 9.23. The van der Waals surface area contributed by atoms with Crippen LogP contribution >= 0.6 is 11.8 Å². The summed E-state index contributed by atoms with van der Waals surface area (Å²) in [5, 5.41) is 17.7. The monoisotopic (exact) mass is 325 g/mol. The number of hydrogen-bond donors (Lipinski definition) is 2. The lowest BCUT2D eigenvalue weighted by Gasteiger charge is -2.31. The van der Waals surface area contributed by atoms with Crippen molar-refractivity contribution >= 4 is 17.7 Å². The lowest BCUT2D eigenvalue weighted by Crippen LogP contribution is -2.45. The second-order valence-electron chi connectivity index (χ2n) is 6.45. The van der Waals surface area contributed by atoms with Crippen molar-refractivity contribution in [2.75, 3.05) is 18.1 Å². The van der Waals surface area contributed by atoms with Crippen LogP contribution in [0.25, 0.3) is 0 Å². The van der Waals surface area contributed by atoms with Gasteiger partial charge in [0.05, 0.1) is 23.1 Å². The van der Waals surface area contributed by atoms with E-state index in [-0.39, 0.29) is 5.91 Å². The van der Waals surface area contributed by atoms with E-state index >= 15 is 0 Å². The van der Waals surface area contributed by atoms with E-state index in [1.165, 1.54) is 0 Å². The average molecular weight is 325 g/mol. The highest BCUT2D eigenvalue weighted by Gasteiger charge is 2.30. The molecule has 22 heavy (non-hydrogen) atoms. The number of carbonyl (C=O) groups is 1. The Hall–Kier alpha value is -1.01. The van der Waals surface area contributed by atoms with E-state index < -0.39 is 5.60 Å². The molecular formula is C16H27N3O2S. The minimum absolute atomic E-state index is 0.126. The zero-order valence-electron chi connectivity index (χ0n) is 13.8. The van der Waals surface area contributed by atoms with Crippen molar-refractivity contribution in [2.24, 2.45) is 5.92 Å². The van der Waals surface area contributed by atoms with E-state index in [9.17, 15) is 9.90 Å². The molecular weight excluding hydrogens is 298 g/mol. The fourth-order valence-corrected chi connectivity index (χ4v) is 4.00. The Morgan fingerprint density at radius 3 is 2.77 bits per heavy atom. The van der Waals surface area contributed by atoms with E-state index in [2.05, 4.69) is 24.3 Å². The van der Waals surface area contributed by atoms with E-state index in [0.717, 1.165) is 43.0 Å². The number of hydrogen-bond acceptors (Lipinski definition) is 4. The quantitative estimate of drug-likeness (QED) is 0.840. The predicted molar refractivity (Wildman–Crippen MR) is 90.3 cm³/mol. The summed E-state index contributed by atoms with van der Waals surface area (Å²) < 4.78 is 1.92. The Labute approximate surface area is 136 Å². The van der Waals surface area contributed by atoms with Gasteiger partial charge in [-0.25, -0.2) is 0 Å². The second kappa shape index (κ2) is 7.51. The molecule has 0 atom stereocenters. The van der Waals surface area contributed by atoms with Gasteiger partial charge < -0.3 is 10.4 Å². The first-order valence-electron chi connectivity index (χ1n) is 8.08. The molecule has 1 aliphatic rings. The summed E-state index contributed by atoms with van der Waals surface area (Å²) in [6, 6.07) is 0. The van der Waals surface area contributed by atoms with Gasteiger partial charge in [0.1, 0.15) is 0 Å². The van der Waals surface area contributed by atoms with Gasteiger partial charge in [-0.05, 0) is 36.7 Å². The Balaban J connectivity index is 2.01. The van der Waals surface area contributed by atoms with E-state index in [1.54, 1.807) is 6.20 Å². The number of carbonyl (C=O) groups excluding carboxylic acids is 1. The Bertz CT molecular complexity index is 507. The third-order valence-electron chi connectivity index (χ3n) is 4.07. The molecule has 0 saturated carbocycles. The van der Waals surface area contributed by atoms with Crippen LogP contribution in [0.4, 0.5) is 0 Å². The molecule has 124 valence electrons. The Morgan fingerprint density at radius 2 is 2.18 bits per heavy atom. The Kier molecular flexibility index (Phi) is 5.92. The molecule has 1 fully saturated rings. The highest BCUT2D eigenvalue weighted by atomic mass is 32.2. The topological polar surface area (TPSA) is 67.2 Å². The molecule has 5 nitrogen and oxygen atoms in total. The first-order chi connectivity index (χ1) is 10.4. The van der Waals surface area contributed by atoms with Crippen molar-refractivity contribution in [2.45, 2.75) is 52.2 Å². The number of thioether (sulfide) groups is 1. The number of aromatic nitrogens is 2. The normalized spacial score (nSPS) is 17.7. The molecule has 0 aromatic carbocycles. The highest BCUT2D eigenvalue weighted by molar-refractivity contribution is 7.99. The third-order valence-corrected chi connectivity index (χ3v) is 5.05. The average Bonchev–Trinajstić information content (AvgIpc) is 2.87. The number of nitrogens with one attached hydrogen (secondary N) is 1. The number of nitrogens with zero attached hydrogens (tertiary/aromatic N) is 2. The van der Waals surface area contributed by atoms with Gasteiger partial charge in [0.25, 0.3) is 5.91 Å². The number of rotatable bonds is 6. The Morgan fingerprint density at radius 1 is 1.50 bits per heavy atom. The first kappa shape index (κ1) is 17.3. The molecule has 0 aliphatic carbocycles. The van der Waals surface area contributed by atoms with Crippen LogP contribution in [0.2, 0.25) is 0 Å². The van der Waals surface area contributed by atoms with Gasteiger partial charge >= 0.3 is 0 Å². The van der Waals surface area contributed by atoms with Gasteiger partial charge in [0, 0.05) is 13.1 Å². The van der Waals surface area contributed by atoms with Crippen molar-refractivity contribution < 1.29 is 9.90 Å². The van der Waals surface area contributed by atoms with Crippen molar-refractivity contribution in [3.05, 3.63) is 17.5 Å². The SMILES string of the molecule is CCc1c(C(=O)NCC2(O)CCSCC2)cnn1CC(C)C. The molecule has 6 heteroatoms. The predicted octanol–water partition coefficient (Wildman–Crippen LogP) is 2.09. The van der Waals surface area contributed by atoms with E-state index in [1.807, 2.05) is 23.4 Å². The maximum absolute atomic E-state index is 12.4. The zero-order valence-corrected chi connectivity index (χ0v) is 14.6. The van der Waals surface area contributed by atoms with Crippen LogP contribution in [-0.4, -0.2) is 44.4 Å². The van der Waals surface area contributed by atoms with Crippen LogP contribution in [0.5, 0.6) is 0 Å². The summed E-state index contributed by atoms with van der Waals surface area (Å²) in [4.78, 5) is 12.4. The highest BCUT2D eigenvalue weighted by Crippen LogP contribution is 2.26. The molecule has 0 bridgehead atoms. The minimum Gasteiger partial charge on any atom is -0.388 e. The molecule has 0 spiro atoms. The minimum atomic E-state index is -0.749. The van der Waals surface area contributed by atoms with Crippen LogP contribution < -0.4 is 5.32 Å². The lowest BCUT2D eigenvalue weighted by atomic mass is 9.97. The molecule has 1 amide bonds. The molecule has 1 aromatic heterocycles. The van der Waals surface area contributed by atoms with Crippen LogP contribution in [0, 0.1) is 5.92 Å². The van der Waals surface area contributed by atoms with Crippen LogP contribution in [0.1, 0.15) is 49.7 Å². The van der Waals surface area contributed by atoms with Crippen molar-refractivity contribution in [1.82, 2.24) is 15.1 Å². The standard InChI is InChI=1S/C16H27N3O2S/c1-4-14-13(9-18-19(14)10-12(2)3)15(20)17-11-16(21)5-7-22-8-6-16/h9,12,21H,4-8,10-11H2,1-3H3,(H,17,20). The van der Waals surface area contributed by atoms with Crippen molar-refractivity contribution in [1.29, 1.82) is 0 Å². The molecule has 1 aliphatic heterocycles. The van der Waals surface area contributed by atoms with Gasteiger partial charge in [-0.15, -0.1) is 0 Å². The molecule has 0 unspecified atom stereocenters. The van der Waals surface area contributed by atoms with Gasteiger partial charge in [-0.1, -0.05) is 20.8 Å². The smallest absolute Gasteiger partial charge is 0.254 e. The van der Waals surface area contributed by atoms with Crippen molar-refractivity contribution in [3.8, 4) is 0 Å². The van der Waals surface area contributed by atoms with Crippen LogP contribution in [-0.2, 0) is 13.0 Å². The molecule has 1 saturated heterocycles. The third kappa shape index (κ3) is 4.26. The molecule has 2 heterocycles. The molecule has 1 aromatic rings. The van der Waals surface area contributed by atoms with Crippen LogP contribution in [0.3, 0.4) is 0 Å². The summed E-state index contributed by atoms with van der Waals surface area (Å²) in [6.45, 7) is 7.45. The molecule has 2 rings (SSSR count). The summed E-state index contributed by atoms with van der Waals surface area (Å²) >= 11 is 1.86. The number of amides is 1. The van der Waals surface area contributed by atoms with Gasteiger partial charge in [0.15, 0.2) is 0 Å². The summed E-state index contributed by atoms with van der Waals surface area (Å²) in [6.07, 6.45) is 3.91. The summed E-state index contributed by atoms with van der Waals surface area (Å²) in [7, 11) is 0. The number of aliphatic hydroxyl groups is 1. The van der Waals surface area contributed by atoms with Gasteiger partial charge in [0.2, 0.25) is 0 Å². The van der Waals surface area contributed by atoms with Crippen molar-refractivity contribution in [3.63, 3.8) is 0 Å². The molecule has 2 N–H and O–H groups in total.